The van der Waals surface area contributed by atoms with E-state index in [1.165, 1.54) is 24.2 Å². The number of piperazine rings is 1. The van der Waals surface area contributed by atoms with Gasteiger partial charge in [-0.2, -0.15) is 0 Å². The molecular formula is C22H29N3O. The highest BCUT2D eigenvalue weighted by Gasteiger charge is 2.16. The van der Waals surface area contributed by atoms with Crippen LogP contribution in [-0.2, 0) is 11.2 Å². The van der Waals surface area contributed by atoms with Crippen LogP contribution in [0.5, 0.6) is 0 Å². The van der Waals surface area contributed by atoms with Gasteiger partial charge in [0, 0.05) is 44.0 Å². The van der Waals surface area contributed by atoms with Crippen molar-refractivity contribution in [2.45, 2.75) is 26.2 Å². The van der Waals surface area contributed by atoms with Gasteiger partial charge in [-0.05, 0) is 49.2 Å². The highest BCUT2D eigenvalue weighted by atomic mass is 16.1. The number of anilines is 2. The summed E-state index contributed by atoms with van der Waals surface area (Å²) in [6.45, 7) is 7.84. The van der Waals surface area contributed by atoms with E-state index in [0.29, 0.717) is 6.42 Å². The molecule has 1 amide bonds. The molecule has 1 heterocycles. The molecule has 4 nitrogen and oxygen atoms in total. The highest BCUT2D eigenvalue weighted by molar-refractivity contribution is 5.91. The first-order valence-electron chi connectivity index (χ1n) is 9.66. The van der Waals surface area contributed by atoms with E-state index in [4.69, 9.17) is 0 Å². The molecule has 0 radical (unpaired) electrons. The van der Waals surface area contributed by atoms with Crippen LogP contribution in [0.1, 0.15) is 25.3 Å². The van der Waals surface area contributed by atoms with Crippen molar-refractivity contribution in [3.05, 3.63) is 60.2 Å². The lowest BCUT2D eigenvalue weighted by Crippen LogP contribution is -2.46. The fourth-order valence-corrected chi connectivity index (χ4v) is 3.43. The Morgan fingerprint density at radius 3 is 2.31 bits per heavy atom. The Labute approximate surface area is 156 Å². The van der Waals surface area contributed by atoms with Gasteiger partial charge in [-0.1, -0.05) is 37.3 Å². The Morgan fingerprint density at radius 1 is 0.962 bits per heavy atom. The summed E-state index contributed by atoms with van der Waals surface area (Å²) in [5, 5.41) is 3.00. The van der Waals surface area contributed by atoms with Gasteiger partial charge in [-0.15, -0.1) is 0 Å². The summed E-state index contributed by atoms with van der Waals surface area (Å²) >= 11 is 0. The van der Waals surface area contributed by atoms with Crippen LogP contribution >= 0.6 is 0 Å². The summed E-state index contributed by atoms with van der Waals surface area (Å²) in [6, 6.07) is 18.4. The van der Waals surface area contributed by atoms with Gasteiger partial charge in [0.1, 0.15) is 0 Å². The van der Waals surface area contributed by atoms with Gasteiger partial charge < -0.3 is 10.2 Å². The van der Waals surface area contributed by atoms with E-state index in [9.17, 15) is 4.79 Å². The lowest BCUT2D eigenvalue weighted by atomic mass is 10.1. The molecule has 0 spiro atoms. The molecule has 1 saturated heterocycles. The minimum Gasteiger partial charge on any atom is -0.369 e. The molecule has 2 aromatic carbocycles. The van der Waals surface area contributed by atoms with Crippen molar-refractivity contribution in [2.75, 3.05) is 42.9 Å². The number of nitrogens with zero attached hydrogens (tertiary/aromatic N) is 2. The number of nitrogens with one attached hydrogen (secondary N) is 1. The van der Waals surface area contributed by atoms with Gasteiger partial charge >= 0.3 is 0 Å². The summed E-state index contributed by atoms with van der Waals surface area (Å²) < 4.78 is 0. The Kier molecular flexibility index (Phi) is 6.67. The van der Waals surface area contributed by atoms with Crippen LogP contribution in [0, 0.1) is 0 Å². The first-order valence-corrected chi connectivity index (χ1v) is 9.66. The topological polar surface area (TPSA) is 35.6 Å². The Bertz CT molecular complexity index is 676. The maximum Gasteiger partial charge on any atom is 0.224 e. The molecule has 3 rings (SSSR count). The molecule has 0 atom stereocenters. The van der Waals surface area contributed by atoms with Gasteiger partial charge in [0.05, 0.1) is 0 Å². The summed E-state index contributed by atoms with van der Waals surface area (Å²) in [5.41, 5.74) is 3.31. The molecule has 0 unspecified atom stereocenters. The molecule has 138 valence electrons. The molecule has 4 heteroatoms. The van der Waals surface area contributed by atoms with Crippen molar-refractivity contribution in [1.82, 2.24) is 4.90 Å². The average molecular weight is 351 g/mol. The average Bonchev–Trinajstić information content (AvgIpc) is 2.69. The van der Waals surface area contributed by atoms with Crippen molar-refractivity contribution in [1.29, 1.82) is 0 Å². The molecule has 0 saturated carbocycles. The van der Waals surface area contributed by atoms with Gasteiger partial charge in [-0.25, -0.2) is 0 Å². The normalized spacial score (nSPS) is 15.0. The van der Waals surface area contributed by atoms with Crippen molar-refractivity contribution in [3.63, 3.8) is 0 Å². The van der Waals surface area contributed by atoms with E-state index in [0.717, 1.165) is 38.3 Å². The lowest BCUT2D eigenvalue weighted by Gasteiger charge is -2.36. The molecule has 26 heavy (non-hydrogen) atoms. The SMILES string of the molecule is CCCN1CCN(c2ccc(NC(=O)CCc3ccccc3)cc2)CC1. The molecule has 1 N–H and O–H groups in total. The van der Waals surface area contributed by atoms with Gasteiger partial charge in [-0.3, -0.25) is 9.69 Å². The molecule has 1 aliphatic rings. The molecule has 0 aromatic heterocycles. The minimum atomic E-state index is 0.0646. The molecule has 2 aromatic rings. The molecule has 0 aliphatic carbocycles. The van der Waals surface area contributed by atoms with Gasteiger partial charge in [0.2, 0.25) is 5.91 Å². The number of aryl methyl sites for hydroxylation is 1. The van der Waals surface area contributed by atoms with Crippen molar-refractivity contribution >= 4 is 17.3 Å². The van der Waals surface area contributed by atoms with E-state index in [2.05, 4.69) is 46.3 Å². The third-order valence-electron chi connectivity index (χ3n) is 4.91. The smallest absolute Gasteiger partial charge is 0.224 e. The second kappa shape index (κ2) is 9.39. The Hall–Kier alpha value is -2.33. The van der Waals surface area contributed by atoms with Crippen LogP contribution in [0.2, 0.25) is 0 Å². The Balaban J connectivity index is 1.46. The molecule has 0 bridgehead atoms. The molecule has 1 fully saturated rings. The third kappa shape index (κ3) is 5.33. The second-order valence-corrected chi connectivity index (χ2v) is 6.91. The predicted molar refractivity (Wildman–Crippen MR) is 109 cm³/mol. The summed E-state index contributed by atoms with van der Waals surface area (Å²) in [5.74, 6) is 0.0646. The number of carbonyl (C=O) groups excluding carboxylic acids is 1. The van der Waals surface area contributed by atoms with Crippen LogP contribution in [0.3, 0.4) is 0 Å². The predicted octanol–water partition coefficient (Wildman–Crippen LogP) is 3.79. The quantitative estimate of drug-likeness (QED) is 0.824. The fourth-order valence-electron chi connectivity index (χ4n) is 3.43. The first-order chi connectivity index (χ1) is 12.7. The third-order valence-corrected chi connectivity index (χ3v) is 4.91. The molecular weight excluding hydrogens is 322 g/mol. The van der Waals surface area contributed by atoms with Crippen LogP contribution in [0.25, 0.3) is 0 Å². The van der Waals surface area contributed by atoms with Crippen molar-refractivity contribution in [2.24, 2.45) is 0 Å². The van der Waals surface area contributed by atoms with Crippen LogP contribution < -0.4 is 10.2 Å². The van der Waals surface area contributed by atoms with E-state index in [1.54, 1.807) is 0 Å². The van der Waals surface area contributed by atoms with Crippen molar-refractivity contribution in [3.8, 4) is 0 Å². The zero-order valence-corrected chi connectivity index (χ0v) is 15.7. The zero-order chi connectivity index (χ0) is 18.2. The van der Waals surface area contributed by atoms with Crippen LogP contribution in [0.4, 0.5) is 11.4 Å². The summed E-state index contributed by atoms with van der Waals surface area (Å²) in [7, 11) is 0. The lowest BCUT2D eigenvalue weighted by molar-refractivity contribution is -0.116. The second-order valence-electron chi connectivity index (χ2n) is 6.91. The van der Waals surface area contributed by atoms with Crippen molar-refractivity contribution < 1.29 is 4.79 Å². The van der Waals surface area contributed by atoms with E-state index in [-0.39, 0.29) is 5.91 Å². The number of amides is 1. The number of hydrogen-bond donors (Lipinski definition) is 1. The highest BCUT2D eigenvalue weighted by Crippen LogP contribution is 2.20. The number of benzene rings is 2. The van der Waals surface area contributed by atoms with E-state index in [1.807, 2.05) is 30.3 Å². The standard InChI is InChI=1S/C22H29N3O/c1-2-14-24-15-17-25(18-16-24)21-11-9-20(10-12-21)23-22(26)13-8-19-6-4-3-5-7-19/h3-7,9-12H,2,8,13-18H2,1H3,(H,23,26). The summed E-state index contributed by atoms with van der Waals surface area (Å²) in [4.78, 5) is 17.1. The Morgan fingerprint density at radius 2 is 1.65 bits per heavy atom. The van der Waals surface area contributed by atoms with E-state index >= 15 is 0 Å². The first kappa shape index (κ1) is 18.5. The monoisotopic (exact) mass is 351 g/mol. The molecule has 1 aliphatic heterocycles. The minimum absolute atomic E-state index is 0.0646. The van der Waals surface area contributed by atoms with Gasteiger partial charge in [0.25, 0.3) is 0 Å². The van der Waals surface area contributed by atoms with E-state index < -0.39 is 0 Å². The fraction of sp³-hybridized carbons (Fsp3) is 0.409. The number of carbonyl (C=O) groups is 1. The van der Waals surface area contributed by atoms with Crippen LogP contribution in [0.15, 0.2) is 54.6 Å². The maximum atomic E-state index is 12.1. The largest absolute Gasteiger partial charge is 0.369 e. The van der Waals surface area contributed by atoms with Crippen LogP contribution in [-0.4, -0.2) is 43.5 Å². The summed E-state index contributed by atoms with van der Waals surface area (Å²) in [6.07, 6.45) is 2.50. The number of hydrogen-bond acceptors (Lipinski definition) is 3. The maximum absolute atomic E-state index is 12.1. The van der Waals surface area contributed by atoms with Gasteiger partial charge in [0.15, 0.2) is 0 Å². The number of rotatable bonds is 7. The zero-order valence-electron chi connectivity index (χ0n) is 15.7.